The first kappa shape index (κ1) is 13.2. The Morgan fingerprint density at radius 2 is 2.14 bits per heavy atom. The number of amides is 1. The van der Waals surface area contributed by atoms with Gasteiger partial charge < -0.3 is 18.7 Å². The van der Waals surface area contributed by atoms with Crippen molar-refractivity contribution in [1.82, 2.24) is 10.5 Å². The average molecular weight is 286 g/mol. The van der Waals surface area contributed by atoms with Gasteiger partial charge in [-0.2, -0.15) is 0 Å². The molecule has 6 heteroatoms. The maximum Gasteiger partial charge on any atom is 0.257 e. The second kappa shape index (κ2) is 5.32. The molecule has 0 saturated heterocycles. The molecule has 0 fully saturated rings. The minimum Gasteiger partial charge on any atom is -0.465 e. The second-order valence-electron chi connectivity index (χ2n) is 4.64. The molecule has 0 aliphatic heterocycles. The molecule has 6 nitrogen and oxygen atoms in total. The topological polar surface area (TPSA) is 81.4 Å². The molecule has 3 rings (SSSR count). The Bertz CT molecular complexity index is 753. The lowest BCUT2D eigenvalue weighted by Crippen LogP contribution is -2.23. The van der Waals surface area contributed by atoms with Crippen molar-refractivity contribution in [3.63, 3.8) is 0 Å². The quantitative estimate of drug-likeness (QED) is 0.797. The molecule has 0 aromatic carbocycles. The van der Waals surface area contributed by atoms with E-state index in [1.54, 1.807) is 19.1 Å². The summed E-state index contributed by atoms with van der Waals surface area (Å²) in [5.74, 6) is 2.00. The van der Waals surface area contributed by atoms with Gasteiger partial charge in [-0.05, 0) is 38.1 Å². The van der Waals surface area contributed by atoms with Gasteiger partial charge >= 0.3 is 0 Å². The standard InChI is InChI=1S/C15H14N2O4/c1-9-5-6-11(20-9)8-16-15(18)13-10(2)17-21-14(13)12-4-3-7-19-12/h3-7H,8H2,1-2H3,(H,16,18). The van der Waals surface area contributed by atoms with Gasteiger partial charge in [0.2, 0.25) is 5.76 Å². The highest BCUT2D eigenvalue weighted by molar-refractivity contribution is 5.99. The minimum absolute atomic E-state index is 0.283. The van der Waals surface area contributed by atoms with Gasteiger partial charge in [-0.3, -0.25) is 4.79 Å². The van der Waals surface area contributed by atoms with Gasteiger partial charge in [0.15, 0.2) is 5.76 Å². The minimum atomic E-state index is -0.283. The largest absolute Gasteiger partial charge is 0.465 e. The van der Waals surface area contributed by atoms with Gasteiger partial charge in [0.25, 0.3) is 5.91 Å². The summed E-state index contributed by atoms with van der Waals surface area (Å²) >= 11 is 0. The molecule has 108 valence electrons. The van der Waals surface area contributed by atoms with Crippen molar-refractivity contribution in [3.05, 3.63) is 53.3 Å². The zero-order chi connectivity index (χ0) is 14.8. The maximum atomic E-state index is 12.3. The van der Waals surface area contributed by atoms with Crippen LogP contribution in [0.1, 0.15) is 27.6 Å². The van der Waals surface area contributed by atoms with Crippen molar-refractivity contribution < 1.29 is 18.2 Å². The number of rotatable bonds is 4. The lowest BCUT2D eigenvalue weighted by molar-refractivity contribution is 0.0947. The van der Waals surface area contributed by atoms with E-state index in [-0.39, 0.29) is 5.91 Å². The average Bonchev–Trinajstić information content (AvgIpc) is 3.16. The van der Waals surface area contributed by atoms with Crippen LogP contribution in [0, 0.1) is 13.8 Å². The van der Waals surface area contributed by atoms with E-state index in [0.717, 1.165) is 5.76 Å². The van der Waals surface area contributed by atoms with Crippen LogP contribution in [-0.4, -0.2) is 11.1 Å². The molecule has 21 heavy (non-hydrogen) atoms. The number of furan rings is 2. The number of hydrogen-bond donors (Lipinski definition) is 1. The van der Waals surface area contributed by atoms with E-state index in [1.807, 2.05) is 19.1 Å². The first-order valence-electron chi connectivity index (χ1n) is 6.49. The smallest absolute Gasteiger partial charge is 0.257 e. The van der Waals surface area contributed by atoms with Crippen molar-refractivity contribution in [2.75, 3.05) is 0 Å². The van der Waals surface area contributed by atoms with Crippen LogP contribution in [-0.2, 0) is 6.54 Å². The van der Waals surface area contributed by atoms with Crippen LogP contribution in [0.15, 0.2) is 43.9 Å². The summed E-state index contributed by atoms with van der Waals surface area (Å²) in [6.07, 6.45) is 1.51. The molecule has 3 heterocycles. The molecule has 0 spiro atoms. The molecule has 0 aliphatic rings. The first-order chi connectivity index (χ1) is 10.1. The molecule has 1 amide bonds. The number of hydrogen-bond acceptors (Lipinski definition) is 5. The zero-order valence-corrected chi connectivity index (χ0v) is 11.7. The van der Waals surface area contributed by atoms with Gasteiger partial charge in [0.1, 0.15) is 17.1 Å². The van der Waals surface area contributed by atoms with Crippen molar-refractivity contribution >= 4 is 5.91 Å². The molecule has 1 N–H and O–H groups in total. The number of carbonyl (C=O) groups is 1. The Hall–Kier alpha value is -2.76. The second-order valence-corrected chi connectivity index (χ2v) is 4.64. The fourth-order valence-corrected chi connectivity index (χ4v) is 2.05. The molecule has 3 aromatic rings. The Labute approximate surface area is 120 Å². The van der Waals surface area contributed by atoms with E-state index in [2.05, 4.69) is 10.5 Å². The van der Waals surface area contributed by atoms with Gasteiger partial charge in [0.05, 0.1) is 18.5 Å². The normalized spacial score (nSPS) is 10.8. The summed E-state index contributed by atoms with van der Waals surface area (Å²) in [5.41, 5.74) is 0.878. The van der Waals surface area contributed by atoms with Gasteiger partial charge in [-0.25, -0.2) is 0 Å². The van der Waals surface area contributed by atoms with Crippen molar-refractivity contribution in [3.8, 4) is 11.5 Å². The number of aromatic nitrogens is 1. The highest BCUT2D eigenvalue weighted by Gasteiger charge is 2.23. The Morgan fingerprint density at radius 1 is 1.29 bits per heavy atom. The van der Waals surface area contributed by atoms with E-state index in [4.69, 9.17) is 13.4 Å². The molecule has 3 aromatic heterocycles. The Kier molecular flexibility index (Phi) is 3.35. The highest BCUT2D eigenvalue weighted by Crippen LogP contribution is 2.26. The van der Waals surface area contributed by atoms with Crippen molar-refractivity contribution in [1.29, 1.82) is 0 Å². The van der Waals surface area contributed by atoms with Gasteiger partial charge in [-0.15, -0.1) is 0 Å². The molecular weight excluding hydrogens is 272 g/mol. The molecule has 0 aliphatic carbocycles. The van der Waals surface area contributed by atoms with Gasteiger partial charge in [-0.1, -0.05) is 5.16 Å². The fraction of sp³-hybridized carbons (Fsp3) is 0.200. The predicted molar refractivity (Wildman–Crippen MR) is 73.6 cm³/mol. The third-order valence-electron chi connectivity index (χ3n) is 3.05. The maximum absolute atomic E-state index is 12.3. The number of nitrogens with zero attached hydrogens (tertiary/aromatic N) is 1. The van der Waals surface area contributed by atoms with Crippen LogP contribution < -0.4 is 5.32 Å². The third-order valence-corrected chi connectivity index (χ3v) is 3.05. The lowest BCUT2D eigenvalue weighted by atomic mass is 10.1. The predicted octanol–water partition coefficient (Wildman–Crippen LogP) is 3.07. The van der Waals surface area contributed by atoms with E-state index in [9.17, 15) is 4.79 Å². The highest BCUT2D eigenvalue weighted by atomic mass is 16.5. The molecule has 0 saturated carbocycles. The van der Waals surface area contributed by atoms with Crippen molar-refractivity contribution in [2.45, 2.75) is 20.4 Å². The number of aryl methyl sites for hydroxylation is 2. The summed E-state index contributed by atoms with van der Waals surface area (Å²) in [7, 11) is 0. The lowest BCUT2D eigenvalue weighted by Gasteiger charge is -2.03. The van der Waals surface area contributed by atoms with E-state index < -0.39 is 0 Å². The van der Waals surface area contributed by atoms with Crippen LogP contribution in [0.5, 0.6) is 0 Å². The first-order valence-corrected chi connectivity index (χ1v) is 6.49. The SMILES string of the molecule is Cc1ccc(CNC(=O)c2c(C)noc2-c2ccco2)o1. The molecule has 0 bridgehead atoms. The zero-order valence-electron chi connectivity index (χ0n) is 11.7. The summed E-state index contributed by atoms with van der Waals surface area (Å²) in [6.45, 7) is 3.86. The number of carbonyl (C=O) groups excluding carboxylic acids is 1. The third kappa shape index (κ3) is 2.60. The van der Waals surface area contributed by atoms with Crippen LogP contribution in [0.4, 0.5) is 0 Å². The molecule has 0 radical (unpaired) electrons. The monoisotopic (exact) mass is 286 g/mol. The Balaban J connectivity index is 1.80. The van der Waals surface area contributed by atoms with Crippen LogP contribution >= 0.6 is 0 Å². The van der Waals surface area contributed by atoms with E-state index in [1.165, 1.54) is 6.26 Å². The summed E-state index contributed by atoms with van der Waals surface area (Å²) in [5, 5.41) is 6.62. The van der Waals surface area contributed by atoms with Crippen LogP contribution in [0.2, 0.25) is 0 Å². The molecule has 0 atom stereocenters. The summed E-state index contributed by atoms with van der Waals surface area (Å²) < 4.78 is 15.9. The van der Waals surface area contributed by atoms with E-state index >= 15 is 0 Å². The van der Waals surface area contributed by atoms with Crippen LogP contribution in [0.3, 0.4) is 0 Å². The van der Waals surface area contributed by atoms with Crippen LogP contribution in [0.25, 0.3) is 11.5 Å². The van der Waals surface area contributed by atoms with Crippen molar-refractivity contribution in [2.24, 2.45) is 0 Å². The fourth-order valence-electron chi connectivity index (χ4n) is 2.05. The van der Waals surface area contributed by atoms with E-state index in [0.29, 0.717) is 35.1 Å². The Morgan fingerprint density at radius 3 is 2.81 bits per heavy atom. The molecular formula is C15H14N2O4. The molecule has 0 unspecified atom stereocenters. The summed E-state index contributed by atoms with van der Waals surface area (Å²) in [4.78, 5) is 12.3. The number of nitrogens with one attached hydrogen (secondary N) is 1. The van der Waals surface area contributed by atoms with Gasteiger partial charge in [0, 0.05) is 0 Å². The summed E-state index contributed by atoms with van der Waals surface area (Å²) in [6, 6.07) is 7.11.